The van der Waals surface area contributed by atoms with Crippen molar-refractivity contribution in [2.45, 2.75) is 20.5 Å². The molecule has 0 heterocycles. The third-order valence-corrected chi connectivity index (χ3v) is 4.89. The number of hydrazone groups is 1. The van der Waals surface area contributed by atoms with Crippen LogP contribution in [0.3, 0.4) is 0 Å². The third kappa shape index (κ3) is 5.65. The highest BCUT2D eigenvalue weighted by atomic mass is 35.5. The van der Waals surface area contributed by atoms with Gasteiger partial charge in [0.05, 0.1) is 29.5 Å². The number of hydrogen-bond acceptors (Lipinski definition) is 5. The minimum absolute atomic E-state index is 0.170. The first-order chi connectivity index (χ1) is 15.5. The van der Waals surface area contributed by atoms with E-state index in [2.05, 4.69) is 16.6 Å². The maximum Gasteiger partial charge on any atom is 0.271 e. The number of carbonyl (C=O) groups excluding carboxylic acids is 1. The van der Waals surface area contributed by atoms with Crippen molar-refractivity contribution in [2.24, 2.45) is 5.10 Å². The Bertz CT molecular complexity index is 1190. The maximum absolute atomic E-state index is 12.3. The van der Waals surface area contributed by atoms with Gasteiger partial charge in [-0.2, -0.15) is 10.4 Å². The van der Waals surface area contributed by atoms with Crippen LogP contribution in [0.2, 0.25) is 5.02 Å². The maximum atomic E-state index is 12.3. The van der Waals surface area contributed by atoms with Gasteiger partial charge in [0.25, 0.3) is 5.91 Å². The molecule has 162 valence electrons. The van der Waals surface area contributed by atoms with Gasteiger partial charge in [0.1, 0.15) is 6.61 Å². The van der Waals surface area contributed by atoms with Crippen molar-refractivity contribution in [3.8, 4) is 17.6 Å². The molecule has 0 atom stereocenters. The Kier molecular flexibility index (Phi) is 7.85. The average Bonchev–Trinajstić information content (AvgIpc) is 2.79. The number of nitriles is 1. The van der Waals surface area contributed by atoms with Crippen LogP contribution in [0.1, 0.15) is 39.5 Å². The van der Waals surface area contributed by atoms with Crippen molar-refractivity contribution in [1.29, 1.82) is 5.26 Å². The van der Waals surface area contributed by atoms with Gasteiger partial charge >= 0.3 is 0 Å². The van der Waals surface area contributed by atoms with Gasteiger partial charge in [-0.05, 0) is 49.2 Å². The molecule has 3 aromatic carbocycles. The number of aryl methyl sites for hydroxylation is 1. The zero-order valence-electron chi connectivity index (χ0n) is 17.8. The fraction of sp³-hybridized carbons (Fsp3) is 0.160. The Morgan fingerprint density at radius 2 is 1.91 bits per heavy atom. The minimum Gasteiger partial charge on any atom is -0.490 e. The molecule has 0 bridgehead atoms. The second-order valence-corrected chi connectivity index (χ2v) is 7.24. The van der Waals surface area contributed by atoms with E-state index in [1.807, 2.05) is 38.1 Å². The van der Waals surface area contributed by atoms with E-state index in [1.54, 1.807) is 36.4 Å². The van der Waals surface area contributed by atoms with Crippen molar-refractivity contribution in [3.63, 3.8) is 0 Å². The second-order valence-electron chi connectivity index (χ2n) is 6.83. The lowest BCUT2D eigenvalue weighted by atomic mass is 10.1. The van der Waals surface area contributed by atoms with Gasteiger partial charge in [-0.3, -0.25) is 4.79 Å². The zero-order chi connectivity index (χ0) is 22.9. The van der Waals surface area contributed by atoms with Crippen molar-refractivity contribution >= 4 is 23.7 Å². The largest absolute Gasteiger partial charge is 0.490 e. The van der Waals surface area contributed by atoms with Crippen molar-refractivity contribution in [1.82, 2.24) is 5.43 Å². The van der Waals surface area contributed by atoms with Crippen molar-refractivity contribution in [2.75, 3.05) is 6.61 Å². The molecule has 0 aliphatic rings. The van der Waals surface area contributed by atoms with Crippen LogP contribution in [0.5, 0.6) is 11.5 Å². The molecule has 0 aliphatic heterocycles. The number of ether oxygens (including phenoxy) is 2. The quantitative estimate of drug-likeness (QED) is 0.377. The number of halogens is 1. The Labute approximate surface area is 192 Å². The minimum atomic E-state index is -0.299. The summed E-state index contributed by atoms with van der Waals surface area (Å²) in [4.78, 5) is 12.3. The van der Waals surface area contributed by atoms with E-state index in [4.69, 9.17) is 21.1 Å². The first-order valence-electron chi connectivity index (χ1n) is 9.99. The highest BCUT2D eigenvalue weighted by molar-refractivity contribution is 6.32. The van der Waals surface area contributed by atoms with Crippen LogP contribution in [0.4, 0.5) is 0 Å². The summed E-state index contributed by atoms with van der Waals surface area (Å²) in [6, 6.07) is 20.0. The Hall–Kier alpha value is -3.82. The van der Waals surface area contributed by atoms with E-state index < -0.39 is 0 Å². The Morgan fingerprint density at radius 3 is 2.66 bits per heavy atom. The molecule has 6 nitrogen and oxygen atoms in total. The lowest BCUT2D eigenvalue weighted by Gasteiger charge is -2.15. The number of hydrogen-bond donors (Lipinski definition) is 1. The molecule has 0 spiro atoms. The molecule has 0 unspecified atom stereocenters. The summed E-state index contributed by atoms with van der Waals surface area (Å²) < 4.78 is 11.6. The van der Waals surface area contributed by atoms with Crippen LogP contribution in [-0.4, -0.2) is 18.7 Å². The summed E-state index contributed by atoms with van der Waals surface area (Å²) in [6.45, 7) is 4.29. The molecule has 0 aliphatic carbocycles. The standard InChI is InChI=1S/C25H22ClN3O3/c1-3-31-23-13-18(15-28-29-25(30)21-11-7-4-8-17(21)2)12-22(26)24(23)32-16-20-10-6-5-9-19(20)14-27/h4-13,15H,3,16H2,1-2H3,(H,29,30)/b28-15+. The summed E-state index contributed by atoms with van der Waals surface area (Å²) in [5.41, 5.74) is 5.85. The predicted octanol–water partition coefficient (Wildman–Crippen LogP) is 5.26. The van der Waals surface area contributed by atoms with Gasteiger partial charge in [0.15, 0.2) is 11.5 Å². The van der Waals surface area contributed by atoms with E-state index in [1.165, 1.54) is 6.21 Å². The monoisotopic (exact) mass is 447 g/mol. The average molecular weight is 448 g/mol. The molecule has 1 amide bonds. The fourth-order valence-electron chi connectivity index (χ4n) is 3.02. The number of amides is 1. The van der Waals surface area contributed by atoms with Gasteiger partial charge in [-0.15, -0.1) is 0 Å². The number of rotatable bonds is 8. The van der Waals surface area contributed by atoms with E-state index in [-0.39, 0.29) is 12.5 Å². The second kappa shape index (κ2) is 11.0. The summed E-state index contributed by atoms with van der Waals surface area (Å²) >= 11 is 6.45. The topological polar surface area (TPSA) is 83.7 Å². The molecule has 0 radical (unpaired) electrons. The summed E-state index contributed by atoms with van der Waals surface area (Å²) in [5.74, 6) is 0.523. The molecule has 0 saturated carbocycles. The highest BCUT2D eigenvalue weighted by Crippen LogP contribution is 2.37. The zero-order valence-corrected chi connectivity index (χ0v) is 18.5. The van der Waals surface area contributed by atoms with Gasteiger partial charge in [-0.1, -0.05) is 48.0 Å². The van der Waals surface area contributed by atoms with E-state index in [0.29, 0.717) is 39.8 Å². The molecule has 0 aromatic heterocycles. The fourth-order valence-corrected chi connectivity index (χ4v) is 3.30. The molecule has 3 rings (SSSR count). The lowest BCUT2D eigenvalue weighted by Crippen LogP contribution is -2.18. The molecular weight excluding hydrogens is 426 g/mol. The van der Waals surface area contributed by atoms with Crippen molar-refractivity contribution in [3.05, 3.63) is 93.5 Å². The van der Waals surface area contributed by atoms with Crippen LogP contribution < -0.4 is 14.9 Å². The van der Waals surface area contributed by atoms with Crippen LogP contribution in [0, 0.1) is 18.3 Å². The molecule has 7 heteroatoms. The molecule has 0 fully saturated rings. The van der Waals surface area contributed by atoms with Gasteiger partial charge in [0.2, 0.25) is 0 Å². The van der Waals surface area contributed by atoms with Gasteiger partial charge in [0, 0.05) is 11.1 Å². The third-order valence-electron chi connectivity index (χ3n) is 4.61. The smallest absolute Gasteiger partial charge is 0.271 e. The predicted molar refractivity (Wildman–Crippen MR) is 124 cm³/mol. The molecule has 1 N–H and O–H groups in total. The number of nitrogens with one attached hydrogen (secondary N) is 1. The molecule has 32 heavy (non-hydrogen) atoms. The van der Waals surface area contributed by atoms with Crippen LogP contribution >= 0.6 is 11.6 Å². The number of nitrogens with zero attached hydrogens (tertiary/aromatic N) is 2. The van der Waals surface area contributed by atoms with Crippen LogP contribution in [0.25, 0.3) is 0 Å². The number of carbonyl (C=O) groups is 1. The number of benzene rings is 3. The summed E-state index contributed by atoms with van der Waals surface area (Å²) in [6.07, 6.45) is 1.49. The van der Waals surface area contributed by atoms with Gasteiger partial charge in [-0.25, -0.2) is 5.43 Å². The lowest BCUT2D eigenvalue weighted by molar-refractivity contribution is 0.0954. The Balaban J connectivity index is 1.76. The molecular formula is C25H22ClN3O3. The summed E-state index contributed by atoms with van der Waals surface area (Å²) in [7, 11) is 0. The van der Waals surface area contributed by atoms with E-state index in [9.17, 15) is 10.1 Å². The van der Waals surface area contributed by atoms with Gasteiger partial charge < -0.3 is 9.47 Å². The highest BCUT2D eigenvalue weighted by Gasteiger charge is 2.14. The SMILES string of the molecule is CCOc1cc(/C=N/NC(=O)c2ccccc2C)cc(Cl)c1OCc1ccccc1C#N. The van der Waals surface area contributed by atoms with Crippen LogP contribution in [0.15, 0.2) is 65.8 Å². The van der Waals surface area contributed by atoms with Crippen molar-refractivity contribution < 1.29 is 14.3 Å². The van der Waals surface area contributed by atoms with Crippen LogP contribution in [-0.2, 0) is 6.61 Å². The normalized spacial score (nSPS) is 10.6. The Morgan fingerprint density at radius 1 is 1.16 bits per heavy atom. The molecule has 3 aromatic rings. The first kappa shape index (κ1) is 22.9. The first-order valence-corrected chi connectivity index (χ1v) is 10.4. The molecule has 0 saturated heterocycles. The van der Waals surface area contributed by atoms with E-state index in [0.717, 1.165) is 11.1 Å². The van der Waals surface area contributed by atoms with E-state index >= 15 is 0 Å². The summed E-state index contributed by atoms with van der Waals surface area (Å²) in [5, 5.41) is 13.6.